The number of likely N-dealkylation sites (tertiary alicyclic amines) is 1. The molecule has 11 nitrogen and oxygen atoms in total. The lowest BCUT2D eigenvalue weighted by molar-refractivity contribution is -0.126. The number of carbonyl (C=O) groups is 1. The van der Waals surface area contributed by atoms with E-state index in [2.05, 4.69) is 24.9 Å². The maximum atomic E-state index is 13.6. The molecule has 0 saturated carbocycles. The van der Waals surface area contributed by atoms with Crippen molar-refractivity contribution < 1.29 is 27.4 Å². The smallest absolute Gasteiger partial charge is 0.387 e. The van der Waals surface area contributed by atoms with E-state index >= 15 is 0 Å². The summed E-state index contributed by atoms with van der Waals surface area (Å²) in [6, 6.07) is 11.6. The second-order valence-electron chi connectivity index (χ2n) is 10.5. The van der Waals surface area contributed by atoms with Crippen LogP contribution in [0, 0.1) is 0 Å². The molecule has 4 heterocycles. The highest BCUT2D eigenvalue weighted by Gasteiger charge is 2.41. The van der Waals surface area contributed by atoms with Gasteiger partial charge in [0.1, 0.15) is 17.7 Å². The maximum absolute atomic E-state index is 13.6. The number of aliphatic imine (C=N–C) groups is 2. The van der Waals surface area contributed by atoms with Gasteiger partial charge in [0, 0.05) is 57.2 Å². The van der Waals surface area contributed by atoms with Crippen molar-refractivity contribution in [3.63, 3.8) is 0 Å². The lowest BCUT2D eigenvalue weighted by Crippen LogP contribution is -2.64. The van der Waals surface area contributed by atoms with Gasteiger partial charge in [0.05, 0.1) is 16.7 Å². The van der Waals surface area contributed by atoms with E-state index in [1.807, 2.05) is 29.8 Å². The van der Waals surface area contributed by atoms with Crippen molar-refractivity contribution in [1.29, 1.82) is 0 Å². The normalized spacial score (nSPS) is 22.4. The molecule has 1 amide bonds. The van der Waals surface area contributed by atoms with Crippen LogP contribution in [-0.4, -0.2) is 76.9 Å². The Morgan fingerprint density at radius 2 is 2.00 bits per heavy atom. The predicted octanol–water partition coefficient (Wildman–Crippen LogP) is 3.16. The van der Waals surface area contributed by atoms with Crippen molar-refractivity contribution >= 4 is 39.9 Å². The second kappa shape index (κ2) is 11.4. The molecule has 2 aromatic carbocycles. The van der Waals surface area contributed by atoms with Crippen molar-refractivity contribution in [3.8, 4) is 5.75 Å². The average Bonchev–Trinajstić information content (AvgIpc) is 3.53. The Morgan fingerprint density at radius 3 is 2.70 bits per heavy atom. The van der Waals surface area contributed by atoms with Gasteiger partial charge in [-0.1, -0.05) is 6.07 Å². The third kappa shape index (κ3) is 5.85. The first kappa shape index (κ1) is 28.8. The summed E-state index contributed by atoms with van der Waals surface area (Å²) in [7, 11) is 1.93. The first-order chi connectivity index (χ1) is 20.6. The molecule has 2 atom stereocenters. The van der Waals surface area contributed by atoms with Crippen LogP contribution in [0.3, 0.4) is 0 Å². The summed E-state index contributed by atoms with van der Waals surface area (Å²) < 4.78 is 51.1. The topological polar surface area (TPSA) is 123 Å². The number of hydrogen-bond acceptors (Lipinski definition) is 9. The van der Waals surface area contributed by atoms with Gasteiger partial charge < -0.3 is 14.0 Å². The molecule has 3 aromatic rings. The second-order valence-corrected chi connectivity index (χ2v) is 10.5. The standard InChI is InChI=1S/C29H31F3N8O3/c1-3-42-29(33)36-26-25(27(41)37-29)35-22(16-40(26)19-5-7-20(8-6-19)43-28(31)32)17-4-9-21-23(14-17)38(2)24(34-21)11-13-39-12-10-18(30)15-39/h4-9,14,16,18,28H,3,10-13,15,33H2,1-2H3,(H,37,41). The number of imidazole rings is 1. The van der Waals surface area contributed by atoms with Gasteiger partial charge >= 0.3 is 12.6 Å². The molecule has 0 bridgehead atoms. The number of halogens is 3. The van der Waals surface area contributed by atoms with Crippen molar-refractivity contribution in [1.82, 2.24) is 19.8 Å². The number of benzene rings is 2. The molecule has 1 saturated heterocycles. The highest BCUT2D eigenvalue weighted by atomic mass is 19.3. The number of aromatic nitrogens is 2. The molecule has 6 rings (SSSR count). The maximum Gasteiger partial charge on any atom is 0.387 e. The minimum Gasteiger partial charge on any atom is -0.435 e. The largest absolute Gasteiger partial charge is 0.435 e. The van der Waals surface area contributed by atoms with Crippen LogP contribution in [0.4, 0.5) is 18.9 Å². The van der Waals surface area contributed by atoms with E-state index in [-0.39, 0.29) is 23.9 Å². The fourth-order valence-electron chi connectivity index (χ4n) is 5.44. The van der Waals surface area contributed by atoms with Crippen molar-refractivity contribution in [3.05, 3.63) is 60.1 Å². The van der Waals surface area contributed by atoms with E-state index < -0.39 is 24.7 Å². The quantitative estimate of drug-likeness (QED) is 0.364. The summed E-state index contributed by atoms with van der Waals surface area (Å²) in [6.07, 6.45) is 2.17. The highest BCUT2D eigenvalue weighted by Crippen LogP contribution is 2.31. The van der Waals surface area contributed by atoms with Crippen LogP contribution in [0.15, 0.2) is 58.6 Å². The van der Waals surface area contributed by atoms with E-state index in [9.17, 15) is 18.0 Å². The van der Waals surface area contributed by atoms with E-state index in [1.54, 1.807) is 30.2 Å². The molecule has 3 aliphatic heterocycles. The summed E-state index contributed by atoms with van der Waals surface area (Å²) >= 11 is 0. The van der Waals surface area contributed by atoms with Crippen molar-refractivity contribution in [2.45, 2.75) is 38.5 Å². The fourth-order valence-corrected chi connectivity index (χ4v) is 5.44. The summed E-state index contributed by atoms with van der Waals surface area (Å²) in [5, 5.41) is 2.55. The minimum absolute atomic E-state index is 0.00811. The van der Waals surface area contributed by atoms with Gasteiger partial charge in [-0.05, 0) is 49.7 Å². The molecule has 0 spiro atoms. The van der Waals surface area contributed by atoms with Gasteiger partial charge in [-0.2, -0.15) is 13.8 Å². The number of alkyl halides is 3. The van der Waals surface area contributed by atoms with Gasteiger partial charge in [0.15, 0.2) is 11.5 Å². The van der Waals surface area contributed by atoms with Crippen LogP contribution in [0.1, 0.15) is 24.7 Å². The summed E-state index contributed by atoms with van der Waals surface area (Å²) in [5.74, 6) is -1.41. The van der Waals surface area contributed by atoms with Crippen LogP contribution >= 0.6 is 0 Å². The Labute approximate surface area is 245 Å². The van der Waals surface area contributed by atoms with Gasteiger partial charge in [-0.15, -0.1) is 0 Å². The number of hydrogen-bond donors (Lipinski definition) is 2. The predicted molar refractivity (Wildman–Crippen MR) is 155 cm³/mol. The molecule has 3 N–H and O–H groups in total. The van der Waals surface area contributed by atoms with E-state index in [4.69, 9.17) is 15.5 Å². The van der Waals surface area contributed by atoms with E-state index in [1.165, 1.54) is 12.1 Å². The number of fused-ring (bicyclic) bond motifs is 2. The molecule has 1 fully saturated rings. The number of amides is 1. The zero-order valence-corrected chi connectivity index (χ0v) is 23.6. The molecule has 0 radical (unpaired) electrons. The molecule has 43 heavy (non-hydrogen) atoms. The minimum atomic E-state index is -2.97. The summed E-state index contributed by atoms with van der Waals surface area (Å²) in [4.78, 5) is 30.8. The SMILES string of the molecule is CCOC1(N)N=C2C(=NC(c3ccc4nc(CCN5CCC(F)C5)n(C)c4c3)=CN2c2ccc(OC(F)F)cc2)C(=O)N1. The molecular weight excluding hydrogens is 565 g/mol. The van der Waals surface area contributed by atoms with Crippen LogP contribution < -0.4 is 20.7 Å². The Balaban J connectivity index is 1.36. The lowest BCUT2D eigenvalue weighted by atomic mass is 10.1. The summed E-state index contributed by atoms with van der Waals surface area (Å²) in [5.41, 5.74) is 9.53. The number of anilines is 1. The Morgan fingerprint density at radius 1 is 1.21 bits per heavy atom. The van der Waals surface area contributed by atoms with Crippen LogP contribution in [0.25, 0.3) is 16.7 Å². The molecule has 2 unspecified atom stereocenters. The number of rotatable bonds is 9. The van der Waals surface area contributed by atoms with Gasteiger partial charge in [0.25, 0.3) is 5.91 Å². The van der Waals surface area contributed by atoms with Crippen molar-refractivity contribution in [2.24, 2.45) is 22.8 Å². The monoisotopic (exact) mass is 596 g/mol. The number of carbonyl (C=O) groups excluding carboxylic acids is 1. The van der Waals surface area contributed by atoms with Crippen LogP contribution in [0.2, 0.25) is 0 Å². The molecule has 14 heteroatoms. The van der Waals surface area contributed by atoms with E-state index in [0.717, 1.165) is 29.9 Å². The third-order valence-corrected chi connectivity index (χ3v) is 7.54. The first-order valence-electron chi connectivity index (χ1n) is 13.9. The number of aryl methyl sites for hydroxylation is 1. The van der Waals surface area contributed by atoms with Crippen molar-refractivity contribution in [2.75, 3.05) is 31.1 Å². The Bertz CT molecular complexity index is 1640. The first-order valence-corrected chi connectivity index (χ1v) is 13.9. The average molecular weight is 597 g/mol. The molecule has 226 valence electrons. The van der Waals surface area contributed by atoms with Gasteiger partial charge in [-0.3, -0.25) is 25.6 Å². The number of ether oxygens (including phenoxy) is 2. The molecule has 1 aromatic heterocycles. The summed E-state index contributed by atoms with van der Waals surface area (Å²) in [6.45, 7) is 0.858. The number of amidine groups is 1. The zero-order chi connectivity index (χ0) is 30.3. The number of nitrogens with one attached hydrogen (secondary N) is 1. The highest BCUT2D eigenvalue weighted by molar-refractivity contribution is 6.70. The third-order valence-electron chi connectivity index (χ3n) is 7.54. The Kier molecular flexibility index (Phi) is 7.66. The molecule has 3 aliphatic rings. The molecular formula is C29H31F3N8O3. The van der Waals surface area contributed by atoms with Gasteiger partial charge in [-0.25, -0.2) is 14.4 Å². The fraction of sp³-hybridized carbons (Fsp3) is 0.379. The lowest BCUT2D eigenvalue weighted by Gasteiger charge is -2.36. The van der Waals surface area contributed by atoms with E-state index in [0.29, 0.717) is 36.3 Å². The Hall–Kier alpha value is -4.27. The zero-order valence-electron chi connectivity index (χ0n) is 23.6. The number of nitrogens with zero attached hydrogens (tertiary/aromatic N) is 6. The van der Waals surface area contributed by atoms with Crippen LogP contribution in [-0.2, 0) is 23.0 Å². The van der Waals surface area contributed by atoms with Gasteiger partial charge in [0.2, 0.25) is 0 Å². The van der Waals surface area contributed by atoms with Crippen LogP contribution in [0.5, 0.6) is 5.75 Å². The number of nitrogens with two attached hydrogens (primary N) is 1. The molecule has 0 aliphatic carbocycles.